The molecule has 0 spiro atoms. The molecule has 88 valence electrons. The van der Waals surface area contributed by atoms with Crippen molar-refractivity contribution < 1.29 is 9.90 Å². The van der Waals surface area contributed by atoms with Crippen LogP contribution in [0.5, 0.6) is 5.75 Å². The minimum atomic E-state index is -0.762. The van der Waals surface area contributed by atoms with E-state index in [1.807, 2.05) is 27.7 Å². The summed E-state index contributed by atoms with van der Waals surface area (Å²) >= 11 is 5.74. The molecule has 2 nitrogen and oxygen atoms in total. The predicted molar refractivity (Wildman–Crippen MR) is 65.8 cm³/mol. The van der Waals surface area contributed by atoms with Gasteiger partial charge >= 0.3 is 0 Å². The number of hydrogen-bond donors (Lipinski definition) is 1. The number of carbonyl (C=O) groups is 1. The van der Waals surface area contributed by atoms with Crippen molar-refractivity contribution >= 4 is 16.8 Å². The zero-order valence-corrected chi connectivity index (χ0v) is 10.8. The molecule has 1 rings (SSSR count). The van der Waals surface area contributed by atoms with E-state index in [2.05, 4.69) is 0 Å². The van der Waals surface area contributed by atoms with Gasteiger partial charge in [0.25, 0.3) is 0 Å². The summed E-state index contributed by atoms with van der Waals surface area (Å²) in [6.07, 6.45) is 0. The molecular formula is C13H17ClO2. The highest BCUT2D eigenvalue weighted by Crippen LogP contribution is 2.43. The largest absolute Gasteiger partial charge is 0.508 e. The van der Waals surface area contributed by atoms with Gasteiger partial charge in [0.05, 0.1) is 5.41 Å². The molecule has 0 fully saturated rings. The molecule has 0 saturated carbocycles. The van der Waals surface area contributed by atoms with E-state index >= 15 is 0 Å². The van der Waals surface area contributed by atoms with Crippen LogP contribution in [0.4, 0.5) is 0 Å². The first-order chi connectivity index (χ1) is 7.19. The quantitative estimate of drug-likeness (QED) is 0.804. The van der Waals surface area contributed by atoms with Crippen LogP contribution in [0.25, 0.3) is 0 Å². The normalized spacial score (nSPS) is 15.6. The van der Waals surface area contributed by atoms with E-state index in [1.54, 1.807) is 24.3 Å². The number of halogens is 1. The number of benzene rings is 1. The Kier molecular flexibility index (Phi) is 3.34. The first-order valence-electron chi connectivity index (χ1n) is 5.19. The van der Waals surface area contributed by atoms with Gasteiger partial charge in [-0.1, -0.05) is 32.9 Å². The molecular weight excluding hydrogens is 224 g/mol. The molecule has 1 aromatic rings. The summed E-state index contributed by atoms with van der Waals surface area (Å²) in [6, 6.07) is 6.61. The van der Waals surface area contributed by atoms with Crippen molar-refractivity contribution in [2.24, 2.45) is 5.41 Å². The standard InChI is InChI=1S/C13H17ClO2/c1-12(2,3)13(4,11(14)16)9-5-7-10(15)8-6-9/h5-8,15H,1-4H3. The van der Waals surface area contributed by atoms with E-state index in [1.165, 1.54) is 0 Å². The molecule has 0 aromatic heterocycles. The van der Waals surface area contributed by atoms with Gasteiger partial charge in [0.1, 0.15) is 5.75 Å². The lowest BCUT2D eigenvalue weighted by Crippen LogP contribution is -2.42. The van der Waals surface area contributed by atoms with Crippen molar-refractivity contribution in [3.63, 3.8) is 0 Å². The lowest BCUT2D eigenvalue weighted by molar-refractivity contribution is -0.119. The summed E-state index contributed by atoms with van der Waals surface area (Å²) in [5.41, 5.74) is -0.233. The fraction of sp³-hybridized carbons (Fsp3) is 0.462. The van der Waals surface area contributed by atoms with Crippen LogP contribution >= 0.6 is 11.6 Å². The molecule has 0 aliphatic carbocycles. The number of carbonyl (C=O) groups excluding carboxylic acids is 1. The van der Waals surface area contributed by atoms with E-state index in [9.17, 15) is 9.90 Å². The molecule has 1 atom stereocenters. The molecule has 1 N–H and O–H groups in total. The van der Waals surface area contributed by atoms with Crippen LogP contribution in [-0.4, -0.2) is 10.3 Å². The lowest BCUT2D eigenvalue weighted by Gasteiger charge is -2.39. The number of phenolic OH excluding ortho intramolecular Hbond substituents is 1. The fourth-order valence-corrected chi connectivity index (χ4v) is 2.03. The Morgan fingerprint density at radius 3 is 1.88 bits per heavy atom. The minimum absolute atomic E-state index is 0.182. The van der Waals surface area contributed by atoms with Crippen LogP contribution in [0.1, 0.15) is 33.3 Å². The van der Waals surface area contributed by atoms with E-state index in [4.69, 9.17) is 11.6 Å². The molecule has 0 aliphatic rings. The monoisotopic (exact) mass is 240 g/mol. The second kappa shape index (κ2) is 4.10. The Labute approximate surface area is 101 Å². The zero-order valence-electron chi connectivity index (χ0n) is 10.0. The van der Waals surface area contributed by atoms with Crippen molar-refractivity contribution in [3.05, 3.63) is 29.8 Å². The number of phenols is 1. The maximum absolute atomic E-state index is 11.7. The highest BCUT2D eigenvalue weighted by molar-refractivity contribution is 6.65. The highest BCUT2D eigenvalue weighted by Gasteiger charge is 2.44. The Morgan fingerprint density at radius 1 is 1.12 bits per heavy atom. The molecule has 1 aromatic carbocycles. The van der Waals surface area contributed by atoms with Gasteiger partial charge in [0.2, 0.25) is 5.24 Å². The van der Waals surface area contributed by atoms with Gasteiger partial charge in [0, 0.05) is 0 Å². The van der Waals surface area contributed by atoms with Crippen molar-refractivity contribution in [1.82, 2.24) is 0 Å². The van der Waals surface area contributed by atoms with E-state index in [0.29, 0.717) is 0 Å². The highest BCUT2D eigenvalue weighted by atomic mass is 35.5. The van der Waals surface area contributed by atoms with Crippen LogP contribution < -0.4 is 0 Å². The average Bonchev–Trinajstić information content (AvgIpc) is 2.15. The van der Waals surface area contributed by atoms with Crippen molar-refractivity contribution in [3.8, 4) is 5.75 Å². The number of hydrogen-bond acceptors (Lipinski definition) is 2. The van der Waals surface area contributed by atoms with E-state index in [0.717, 1.165) is 5.56 Å². The van der Waals surface area contributed by atoms with Crippen molar-refractivity contribution in [2.75, 3.05) is 0 Å². The van der Waals surface area contributed by atoms with Gasteiger partial charge in [-0.15, -0.1) is 0 Å². The third-order valence-electron chi connectivity index (χ3n) is 3.34. The van der Waals surface area contributed by atoms with Crippen LogP contribution in [0.15, 0.2) is 24.3 Å². The molecule has 0 radical (unpaired) electrons. The first-order valence-corrected chi connectivity index (χ1v) is 5.57. The minimum Gasteiger partial charge on any atom is -0.508 e. The Bertz CT molecular complexity index is 389. The smallest absolute Gasteiger partial charge is 0.232 e. The molecule has 0 bridgehead atoms. The third-order valence-corrected chi connectivity index (χ3v) is 3.72. The zero-order chi connectivity index (χ0) is 12.6. The van der Waals surface area contributed by atoms with Crippen LogP contribution in [0.3, 0.4) is 0 Å². The summed E-state index contributed by atoms with van der Waals surface area (Å²) in [6.45, 7) is 7.75. The SMILES string of the molecule is CC(C)(C)C(C)(C(=O)Cl)c1ccc(O)cc1. The second-order valence-corrected chi connectivity index (χ2v) is 5.54. The Balaban J connectivity index is 3.34. The molecule has 0 amide bonds. The first kappa shape index (κ1) is 13.0. The molecule has 0 aliphatic heterocycles. The van der Waals surface area contributed by atoms with Gasteiger partial charge in [-0.25, -0.2) is 0 Å². The number of rotatable bonds is 2. The molecule has 0 saturated heterocycles. The van der Waals surface area contributed by atoms with Crippen molar-refractivity contribution in [2.45, 2.75) is 33.1 Å². The summed E-state index contributed by atoms with van der Waals surface area (Å²) in [5.74, 6) is 0.182. The van der Waals surface area contributed by atoms with Crippen LogP contribution in [0.2, 0.25) is 0 Å². The van der Waals surface area contributed by atoms with Gasteiger partial charge in [0.15, 0.2) is 0 Å². The fourth-order valence-electron chi connectivity index (χ4n) is 1.64. The van der Waals surface area contributed by atoms with Crippen LogP contribution in [-0.2, 0) is 10.2 Å². The van der Waals surface area contributed by atoms with E-state index in [-0.39, 0.29) is 16.4 Å². The third kappa shape index (κ3) is 2.07. The topological polar surface area (TPSA) is 37.3 Å². The molecule has 3 heteroatoms. The Morgan fingerprint density at radius 2 is 1.56 bits per heavy atom. The average molecular weight is 241 g/mol. The number of aromatic hydroxyl groups is 1. The summed E-state index contributed by atoms with van der Waals surface area (Å²) in [7, 11) is 0. The maximum Gasteiger partial charge on any atom is 0.232 e. The molecule has 16 heavy (non-hydrogen) atoms. The summed E-state index contributed by atoms with van der Waals surface area (Å²) in [4.78, 5) is 11.7. The van der Waals surface area contributed by atoms with Gasteiger partial charge in [-0.3, -0.25) is 4.79 Å². The van der Waals surface area contributed by atoms with Gasteiger partial charge < -0.3 is 5.11 Å². The lowest BCUT2D eigenvalue weighted by atomic mass is 9.65. The van der Waals surface area contributed by atoms with E-state index < -0.39 is 5.41 Å². The molecule has 1 unspecified atom stereocenters. The predicted octanol–water partition coefficient (Wildman–Crippen LogP) is 3.46. The van der Waals surface area contributed by atoms with Crippen molar-refractivity contribution in [1.29, 1.82) is 0 Å². The van der Waals surface area contributed by atoms with Gasteiger partial charge in [-0.05, 0) is 41.6 Å². The maximum atomic E-state index is 11.7. The molecule has 0 heterocycles. The van der Waals surface area contributed by atoms with Gasteiger partial charge in [-0.2, -0.15) is 0 Å². The summed E-state index contributed by atoms with van der Waals surface area (Å²) < 4.78 is 0. The van der Waals surface area contributed by atoms with Crippen LogP contribution in [0, 0.1) is 5.41 Å². The second-order valence-electron chi connectivity index (χ2n) is 5.20. The summed E-state index contributed by atoms with van der Waals surface area (Å²) in [5, 5.41) is 8.86. The Hall–Kier alpha value is -1.02.